The molecule has 0 unspecified atom stereocenters. The van der Waals surface area contributed by atoms with Gasteiger partial charge in [0.15, 0.2) is 0 Å². The van der Waals surface area contributed by atoms with Crippen LogP contribution in [-0.4, -0.2) is 38.5 Å². The first kappa shape index (κ1) is 14.6. The molecule has 0 rings (SSSR count). The predicted octanol–water partition coefficient (Wildman–Crippen LogP) is 1.98. The number of rotatable bonds is 9. The Morgan fingerprint density at radius 2 is 1.87 bits per heavy atom. The van der Waals surface area contributed by atoms with Crippen molar-refractivity contribution >= 4 is 0 Å². The van der Waals surface area contributed by atoms with Crippen LogP contribution in [0.2, 0.25) is 0 Å². The molecule has 90 valence electrons. The largest absolute Gasteiger partial charge is 0.376 e. The molecular weight excluding hydrogens is 190 g/mol. The first-order chi connectivity index (χ1) is 7.02. The van der Waals surface area contributed by atoms with Gasteiger partial charge in [0.1, 0.15) is 0 Å². The van der Waals surface area contributed by atoms with Crippen molar-refractivity contribution in [3.05, 3.63) is 12.2 Å². The molecule has 0 heterocycles. The molecule has 0 bridgehead atoms. The standard InChI is InChI=1S/C12H25NO2/c1-10(2)13-8-12(5)9-14-6-7-15-11(3)4/h10-11,13H,5-9H2,1-4H3. The molecule has 0 spiro atoms. The van der Waals surface area contributed by atoms with Crippen LogP contribution in [0.25, 0.3) is 0 Å². The zero-order chi connectivity index (χ0) is 11.7. The summed E-state index contributed by atoms with van der Waals surface area (Å²) in [6, 6.07) is 0.492. The summed E-state index contributed by atoms with van der Waals surface area (Å²) in [5, 5.41) is 3.29. The Morgan fingerprint density at radius 1 is 1.20 bits per heavy atom. The van der Waals surface area contributed by atoms with E-state index >= 15 is 0 Å². The van der Waals surface area contributed by atoms with Gasteiger partial charge in [0.05, 0.1) is 25.9 Å². The van der Waals surface area contributed by atoms with Crippen molar-refractivity contribution in [1.82, 2.24) is 5.32 Å². The molecule has 0 aliphatic rings. The van der Waals surface area contributed by atoms with E-state index in [-0.39, 0.29) is 6.10 Å². The van der Waals surface area contributed by atoms with E-state index in [1.165, 1.54) is 0 Å². The SMILES string of the molecule is C=C(CNC(C)C)COCCOC(C)C. The third kappa shape index (κ3) is 11.5. The van der Waals surface area contributed by atoms with Gasteiger partial charge < -0.3 is 14.8 Å². The lowest BCUT2D eigenvalue weighted by atomic mass is 10.3. The van der Waals surface area contributed by atoms with Gasteiger partial charge in [-0.15, -0.1) is 0 Å². The Balaban J connectivity index is 3.24. The second-order valence-electron chi connectivity index (χ2n) is 4.26. The lowest BCUT2D eigenvalue weighted by molar-refractivity contribution is 0.0251. The first-order valence-corrected chi connectivity index (χ1v) is 5.61. The molecule has 0 saturated carbocycles. The van der Waals surface area contributed by atoms with Crippen LogP contribution in [0.15, 0.2) is 12.2 Å². The fraction of sp³-hybridized carbons (Fsp3) is 0.833. The normalized spacial score (nSPS) is 11.3. The van der Waals surface area contributed by atoms with Crippen LogP contribution in [0.1, 0.15) is 27.7 Å². The van der Waals surface area contributed by atoms with Gasteiger partial charge in [-0.1, -0.05) is 20.4 Å². The molecular formula is C12H25NO2. The average molecular weight is 215 g/mol. The summed E-state index contributed by atoms with van der Waals surface area (Å²) >= 11 is 0. The number of nitrogens with one attached hydrogen (secondary N) is 1. The Bertz CT molecular complexity index is 167. The predicted molar refractivity (Wildman–Crippen MR) is 64.2 cm³/mol. The van der Waals surface area contributed by atoms with Gasteiger partial charge in [-0.2, -0.15) is 0 Å². The van der Waals surface area contributed by atoms with Gasteiger partial charge >= 0.3 is 0 Å². The molecule has 0 radical (unpaired) electrons. The summed E-state index contributed by atoms with van der Waals surface area (Å²) in [5.41, 5.74) is 1.08. The highest BCUT2D eigenvalue weighted by molar-refractivity contribution is 4.97. The number of hydrogen-bond acceptors (Lipinski definition) is 3. The third-order valence-electron chi connectivity index (χ3n) is 1.75. The summed E-state index contributed by atoms with van der Waals surface area (Å²) < 4.78 is 10.8. The highest BCUT2D eigenvalue weighted by atomic mass is 16.5. The Labute approximate surface area is 93.8 Å². The molecule has 0 aromatic heterocycles. The first-order valence-electron chi connectivity index (χ1n) is 5.61. The van der Waals surface area contributed by atoms with Crippen LogP contribution in [-0.2, 0) is 9.47 Å². The van der Waals surface area contributed by atoms with E-state index in [1.54, 1.807) is 0 Å². The maximum Gasteiger partial charge on any atom is 0.0705 e. The molecule has 3 heteroatoms. The van der Waals surface area contributed by atoms with Gasteiger partial charge in [0.2, 0.25) is 0 Å². The Hall–Kier alpha value is -0.380. The van der Waals surface area contributed by atoms with Crippen molar-refractivity contribution in [3.8, 4) is 0 Å². The molecule has 0 atom stereocenters. The van der Waals surface area contributed by atoms with E-state index in [0.29, 0.717) is 25.9 Å². The quantitative estimate of drug-likeness (QED) is 0.471. The molecule has 3 nitrogen and oxygen atoms in total. The zero-order valence-corrected chi connectivity index (χ0v) is 10.5. The molecule has 1 N–H and O–H groups in total. The van der Waals surface area contributed by atoms with E-state index in [2.05, 4.69) is 25.7 Å². The van der Waals surface area contributed by atoms with Crippen LogP contribution in [0.4, 0.5) is 0 Å². The second kappa shape index (κ2) is 8.89. The average Bonchev–Trinajstić information content (AvgIpc) is 2.13. The second-order valence-corrected chi connectivity index (χ2v) is 4.26. The Kier molecular flexibility index (Phi) is 8.67. The van der Waals surface area contributed by atoms with Crippen LogP contribution in [0.5, 0.6) is 0 Å². The van der Waals surface area contributed by atoms with E-state index in [4.69, 9.17) is 9.47 Å². The molecule has 0 aromatic carbocycles. The van der Waals surface area contributed by atoms with Crippen LogP contribution < -0.4 is 5.32 Å². The highest BCUT2D eigenvalue weighted by Gasteiger charge is 1.97. The number of ether oxygens (including phenoxy) is 2. The fourth-order valence-corrected chi connectivity index (χ4v) is 0.959. The molecule has 0 aromatic rings. The van der Waals surface area contributed by atoms with Gasteiger partial charge in [-0.05, 0) is 19.4 Å². The van der Waals surface area contributed by atoms with E-state index in [1.807, 2.05) is 13.8 Å². The van der Waals surface area contributed by atoms with Crippen molar-refractivity contribution in [1.29, 1.82) is 0 Å². The van der Waals surface area contributed by atoms with E-state index in [9.17, 15) is 0 Å². The van der Waals surface area contributed by atoms with Crippen molar-refractivity contribution in [2.75, 3.05) is 26.4 Å². The lowest BCUT2D eigenvalue weighted by Crippen LogP contribution is -2.26. The van der Waals surface area contributed by atoms with Crippen molar-refractivity contribution in [2.24, 2.45) is 0 Å². The lowest BCUT2D eigenvalue weighted by Gasteiger charge is -2.11. The highest BCUT2D eigenvalue weighted by Crippen LogP contribution is 1.92. The monoisotopic (exact) mass is 215 g/mol. The van der Waals surface area contributed by atoms with Gasteiger partial charge in [-0.25, -0.2) is 0 Å². The maximum absolute atomic E-state index is 5.41. The third-order valence-corrected chi connectivity index (χ3v) is 1.75. The number of hydrogen-bond donors (Lipinski definition) is 1. The minimum Gasteiger partial charge on any atom is -0.376 e. The molecule has 0 saturated heterocycles. The summed E-state index contributed by atoms with van der Waals surface area (Å²) in [5.74, 6) is 0. The fourth-order valence-electron chi connectivity index (χ4n) is 0.959. The summed E-state index contributed by atoms with van der Waals surface area (Å²) in [7, 11) is 0. The van der Waals surface area contributed by atoms with Crippen molar-refractivity contribution in [2.45, 2.75) is 39.8 Å². The summed E-state index contributed by atoms with van der Waals surface area (Å²) in [6.07, 6.45) is 0.277. The molecule has 0 aliphatic heterocycles. The summed E-state index contributed by atoms with van der Waals surface area (Å²) in [6.45, 7) is 14.9. The molecule has 0 aliphatic carbocycles. The molecule has 0 fully saturated rings. The van der Waals surface area contributed by atoms with Crippen molar-refractivity contribution in [3.63, 3.8) is 0 Å². The van der Waals surface area contributed by atoms with Crippen LogP contribution in [0, 0.1) is 0 Å². The molecule has 15 heavy (non-hydrogen) atoms. The Morgan fingerprint density at radius 3 is 2.40 bits per heavy atom. The van der Waals surface area contributed by atoms with E-state index < -0.39 is 0 Å². The topological polar surface area (TPSA) is 30.5 Å². The molecule has 0 amide bonds. The van der Waals surface area contributed by atoms with Crippen LogP contribution in [0.3, 0.4) is 0 Å². The minimum atomic E-state index is 0.277. The summed E-state index contributed by atoms with van der Waals surface area (Å²) in [4.78, 5) is 0. The smallest absolute Gasteiger partial charge is 0.0705 e. The van der Waals surface area contributed by atoms with Gasteiger partial charge in [0, 0.05) is 12.6 Å². The zero-order valence-electron chi connectivity index (χ0n) is 10.5. The van der Waals surface area contributed by atoms with E-state index in [0.717, 1.165) is 12.1 Å². The van der Waals surface area contributed by atoms with Crippen molar-refractivity contribution < 1.29 is 9.47 Å². The maximum atomic E-state index is 5.41. The van der Waals surface area contributed by atoms with Gasteiger partial charge in [0.25, 0.3) is 0 Å². The van der Waals surface area contributed by atoms with Crippen LogP contribution >= 0.6 is 0 Å². The minimum absolute atomic E-state index is 0.277. The van der Waals surface area contributed by atoms with Gasteiger partial charge in [-0.3, -0.25) is 0 Å².